The number of amides is 1. The van der Waals surface area contributed by atoms with Crippen LogP contribution in [-0.2, 0) is 16.6 Å². The molecule has 0 atom stereocenters. The van der Waals surface area contributed by atoms with Crippen LogP contribution in [0, 0.1) is 13.8 Å². The van der Waals surface area contributed by atoms with Crippen LogP contribution in [0.2, 0.25) is 10.0 Å². The van der Waals surface area contributed by atoms with Crippen LogP contribution in [0.5, 0.6) is 5.75 Å². The number of sulfonamides is 1. The summed E-state index contributed by atoms with van der Waals surface area (Å²) in [4.78, 5) is 12.4. The van der Waals surface area contributed by atoms with Gasteiger partial charge in [-0.1, -0.05) is 41.4 Å². The predicted octanol–water partition coefficient (Wildman–Crippen LogP) is 5.39. The highest BCUT2D eigenvalue weighted by atomic mass is 35.5. The molecule has 0 aliphatic rings. The first-order chi connectivity index (χ1) is 16.0. The van der Waals surface area contributed by atoms with E-state index in [1.54, 1.807) is 36.4 Å². The van der Waals surface area contributed by atoms with E-state index >= 15 is 0 Å². The number of nitrogens with one attached hydrogen (secondary N) is 1. The summed E-state index contributed by atoms with van der Waals surface area (Å²) < 4.78 is 31.7. The average molecular weight is 521 g/mol. The minimum atomic E-state index is -3.61. The smallest absolute Gasteiger partial charge is 0.251 e. The van der Waals surface area contributed by atoms with Crippen LogP contribution in [-0.4, -0.2) is 33.7 Å². The molecule has 0 aromatic heterocycles. The third-order valence-corrected chi connectivity index (χ3v) is 6.92. The third-order valence-electron chi connectivity index (χ3n) is 5.26. The first-order valence-electron chi connectivity index (χ1n) is 10.5. The van der Waals surface area contributed by atoms with E-state index in [4.69, 9.17) is 27.9 Å². The first kappa shape index (κ1) is 25.9. The summed E-state index contributed by atoms with van der Waals surface area (Å²) in [5, 5.41) is 3.47. The van der Waals surface area contributed by atoms with Gasteiger partial charge in [-0.15, -0.1) is 0 Å². The van der Waals surface area contributed by atoms with Crippen molar-refractivity contribution >= 4 is 44.8 Å². The molecule has 34 heavy (non-hydrogen) atoms. The van der Waals surface area contributed by atoms with Crippen LogP contribution in [0.1, 0.15) is 27.0 Å². The highest BCUT2D eigenvalue weighted by Crippen LogP contribution is 2.31. The molecule has 0 fully saturated rings. The molecule has 0 heterocycles. The Morgan fingerprint density at radius 1 is 0.971 bits per heavy atom. The Bertz CT molecular complexity index is 1280. The number of benzene rings is 3. The molecule has 6 nitrogen and oxygen atoms in total. The number of nitrogens with zero attached hydrogens (tertiary/aromatic N) is 1. The molecule has 0 aliphatic carbocycles. The van der Waals surface area contributed by atoms with Gasteiger partial charge in [-0.2, -0.15) is 0 Å². The Hall–Kier alpha value is -2.74. The van der Waals surface area contributed by atoms with Gasteiger partial charge in [0.1, 0.15) is 12.4 Å². The van der Waals surface area contributed by atoms with Crippen LogP contribution < -0.4 is 14.4 Å². The fraction of sp³-hybridized carbons (Fsp3) is 0.240. The lowest BCUT2D eigenvalue weighted by Gasteiger charge is -2.23. The molecular formula is C25H26Cl2N2O4S. The van der Waals surface area contributed by atoms with Gasteiger partial charge < -0.3 is 10.1 Å². The first-order valence-corrected chi connectivity index (χ1v) is 13.1. The van der Waals surface area contributed by atoms with Crippen LogP contribution in [0.15, 0.2) is 60.7 Å². The normalized spacial score (nSPS) is 11.2. The Labute approximate surface area is 210 Å². The van der Waals surface area contributed by atoms with E-state index < -0.39 is 10.0 Å². The van der Waals surface area contributed by atoms with Crippen molar-refractivity contribution in [2.45, 2.75) is 20.4 Å². The zero-order valence-electron chi connectivity index (χ0n) is 19.1. The number of aryl methyl sites for hydroxylation is 2. The number of rotatable bonds is 9. The Balaban J connectivity index is 1.59. The van der Waals surface area contributed by atoms with Crippen molar-refractivity contribution < 1.29 is 17.9 Å². The van der Waals surface area contributed by atoms with Gasteiger partial charge in [0.25, 0.3) is 5.91 Å². The van der Waals surface area contributed by atoms with E-state index in [0.717, 1.165) is 17.6 Å². The van der Waals surface area contributed by atoms with E-state index in [-0.39, 0.29) is 17.5 Å². The lowest BCUT2D eigenvalue weighted by Crippen LogP contribution is -2.30. The maximum atomic E-state index is 12.4. The number of anilines is 1. The quantitative estimate of drug-likeness (QED) is 0.384. The summed E-state index contributed by atoms with van der Waals surface area (Å²) in [5.74, 6) is 0.522. The average Bonchev–Trinajstić information content (AvgIpc) is 2.77. The van der Waals surface area contributed by atoms with Crippen molar-refractivity contribution in [1.82, 2.24) is 5.32 Å². The Morgan fingerprint density at radius 3 is 2.29 bits per heavy atom. The largest absolute Gasteiger partial charge is 0.492 e. The summed E-state index contributed by atoms with van der Waals surface area (Å²) in [7, 11) is -3.61. The molecule has 0 aliphatic heterocycles. The Kier molecular flexibility index (Phi) is 8.47. The molecule has 0 spiro atoms. The minimum Gasteiger partial charge on any atom is -0.492 e. The number of ether oxygens (including phenoxy) is 1. The molecule has 0 unspecified atom stereocenters. The summed E-state index contributed by atoms with van der Waals surface area (Å²) in [6, 6.07) is 17.2. The van der Waals surface area contributed by atoms with Crippen LogP contribution in [0.25, 0.3) is 0 Å². The van der Waals surface area contributed by atoms with Gasteiger partial charge in [0.2, 0.25) is 10.0 Å². The van der Waals surface area contributed by atoms with Gasteiger partial charge in [-0.05, 0) is 73.0 Å². The molecule has 1 N–H and O–H groups in total. The number of hydrogen-bond acceptors (Lipinski definition) is 4. The van der Waals surface area contributed by atoms with Gasteiger partial charge in [0.15, 0.2) is 0 Å². The second-order valence-electron chi connectivity index (χ2n) is 7.91. The van der Waals surface area contributed by atoms with Crippen molar-refractivity contribution in [1.29, 1.82) is 0 Å². The number of halogens is 2. The molecule has 9 heteroatoms. The molecule has 0 saturated carbocycles. The number of carbonyl (C=O) groups is 1. The fourth-order valence-electron chi connectivity index (χ4n) is 3.23. The molecule has 0 radical (unpaired) electrons. The third kappa shape index (κ3) is 6.88. The molecule has 3 aromatic rings. The lowest BCUT2D eigenvalue weighted by atomic mass is 10.1. The van der Waals surface area contributed by atoms with Crippen molar-refractivity contribution in [3.05, 3.63) is 93.0 Å². The van der Waals surface area contributed by atoms with Crippen LogP contribution >= 0.6 is 23.2 Å². The van der Waals surface area contributed by atoms with Crippen LogP contribution in [0.4, 0.5) is 5.69 Å². The zero-order chi connectivity index (χ0) is 24.9. The summed E-state index contributed by atoms with van der Waals surface area (Å²) in [6.07, 6.45) is 1.11. The number of hydrogen-bond donors (Lipinski definition) is 1. The minimum absolute atomic E-state index is 0.0614. The molecule has 0 bridgehead atoms. The number of carbonyl (C=O) groups excluding carboxylic acids is 1. The molecule has 3 aromatic carbocycles. The monoisotopic (exact) mass is 520 g/mol. The topological polar surface area (TPSA) is 75.7 Å². The molecule has 1 amide bonds. The lowest BCUT2D eigenvalue weighted by molar-refractivity contribution is 0.0947. The van der Waals surface area contributed by atoms with Gasteiger partial charge in [0.05, 0.1) is 30.1 Å². The van der Waals surface area contributed by atoms with E-state index in [9.17, 15) is 13.2 Å². The van der Waals surface area contributed by atoms with Gasteiger partial charge in [-0.25, -0.2) is 8.42 Å². The summed E-state index contributed by atoms with van der Waals surface area (Å²) in [5.41, 5.74) is 3.84. The maximum Gasteiger partial charge on any atom is 0.251 e. The maximum absolute atomic E-state index is 12.4. The summed E-state index contributed by atoms with van der Waals surface area (Å²) in [6.45, 7) is 4.82. The van der Waals surface area contributed by atoms with Crippen LogP contribution in [0.3, 0.4) is 0 Å². The fourth-order valence-corrected chi connectivity index (χ4v) is 4.69. The van der Waals surface area contributed by atoms with Crippen molar-refractivity contribution in [3.63, 3.8) is 0 Å². The highest BCUT2D eigenvalue weighted by molar-refractivity contribution is 7.92. The molecular weight excluding hydrogens is 495 g/mol. The standard InChI is InChI=1S/C25H26Cl2N2O4S/c1-17-4-10-22(14-18(17)2)33-13-12-28-25(30)20-7-5-19(6-8-20)16-29(34(3,31)32)24-11-9-21(26)15-23(24)27/h4-11,14-15H,12-13,16H2,1-3H3,(H,28,30). The molecule has 0 saturated heterocycles. The van der Waals surface area contributed by atoms with E-state index in [1.807, 2.05) is 32.0 Å². The second kappa shape index (κ2) is 11.1. The van der Waals surface area contributed by atoms with Gasteiger partial charge in [0, 0.05) is 10.6 Å². The van der Waals surface area contributed by atoms with Gasteiger partial charge in [-0.3, -0.25) is 9.10 Å². The SMILES string of the molecule is Cc1ccc(OCCNC(=O)c2ccc(CN(c3ccc(Cl)cc3Cl)S(C)(=O)=O)cc2)cc1C. The van der Waals surface area contributed by atoms with E-state index in [2.05, 4.69) is 5.32 Å². The van der Waals surface area contributed by atoms with Crippen molar-refractivity contribution in [2.24, 2.45) is 0 Å². The second-order valence-corrected chi connectivity index (χ2v) is 10.7. The zero-order valence-corrected chi connectivity index (χ0v) is 21.5. The Morgan fingerprint density at radius 2 is 1.68 bits per heavy atom. The van der Waals surface area contributed by atoms with E-state index in [0.29, 0.717) is 35.0 Å². The van der Waals surface area contributed by atoms with E-state index in [1.165, 1.54) is 15.9 Å². The highest BCUT2D eigenvalue weighted by Gasteiger charge is 2.21. The van der Waals surface area contributed by atoms with Crippen molar-refractivity contribution in [3.8, 4) is 5.75 Å². The van der Waals surface area contributed by atoms with Gasteiger partial charge >= 0.3 is 0 Å². The van der Waals surface area contributed by atoms with Crippen molar-refractivity contribution in [2.75, 3.05) is 23.7 Å². The molecule has 180 valence electrons. The molecule has 3 rings (SSSR count). The predicted molar refractivity (Wildman–Crippen MR) is 138 cm³/mol. The summed E-state index contributed by atoms with van der Waals surface area (Å²) >= 11 is 12.2.